The Morgan fingerprint density at radius 1 is 1.23 bits per heavy atom. The molecular weight excluding hydrogens is 316 g/mol. The molecule has 5 heteroatoms. The topological polar surface area (TPSA) is 24.5 Å². The van der Waals surface area contributed by atoms with Gasteiger partial charge in [0.15, 0.2) is 5.11 Å². The van der Waals surface area contributed by atoms with Crippen LogP contribution in [-0.2, 0) is 6.54 Å². The summed E-state index contributed by atoms with van der Waals surface area (Å²) >= 11 is 11.3. The number of thiocarbonyl (C=S) groups is 1. The fourth-order valence-electron chi connectivity index (χ4n) is 2.11. The highest BCUT2D eigenvalue weighted by Crippen LogP contribution is 2.21. The van der Waals surface area contributed by atoms with E-state index in [0.29, 0.717) is 16.7 Å². The molecule has 0 amide bonds. The van der Waals surface area contributed by atoms with Gasteiger partial charge in [0.05, 0.1) is 7.11 Å². The zero-order valence-electron chi connectivity index (χ0n) is 12.9. The predicted octanol–water partition coefficient (Wildman–Crippen LogP) is 4.49. The fourth-order valence-corrected chi connectivity index (χ4v) is 2.42. The Kier molecular flexibility index (Phi) is 5.63. The highest BCUT2D eigenvalue weighted by Gasteiger charge is 2.10. The van der Waals surface area contributed by atoms with E-state index in [-0.39, 0.29) is 0 Å². The van der Waals surface area contributed by atoms with Gasteiger partial charge in [-0.1, -0.05) is 29.3 Å². The van der Waals surface area contributed by atoms with Gasteiger partial charge in [-0.3, -0.25) is 0 Å². The van der Waals surface area contributed by atoms with Gasteiger partial charge in [0, 0.05) is 29.9 Å². The maximum Gasteiger partial charge on any atom is 0.173 e. The van der Waals surface area contributed by atoms with Crippen molar-refractivity contribution in [3.8, 4) is 5.75 Å². The first-order valence-corrected chi connectivity index (χ1v) is 7.69. The SMILES string of the molecule is COc1ccc(C)cc1CN(C)C(=S)Nc1ccc(Cl)cc1. The van der Waals surface area contributed by atoms with Crippen molar-refractivity contribution in [2.24, 2.45) is 0 Å². The number of methoxy groups -OCH3 is 1. The van der Waals surface area contributed by atoms with Crippen molar-refractivity contribution >= 4 is 34.6 Å². The Hall–Kier alpha value is -1.78. The lowest BCUT2D eigenvalue weighted by atomic mass is 10.1. The molecule has 2 aromatic carbocycles. The van der Waals surface area contributed by atoms with Crippen LogP contribution in [0.4, 0.5) is 5.69 Å². The normalized spacial score (nSPS) is 10.2. The zero-order valence-corrected chi connectivity index (χ0v) is 14.5. The largest absolute Gasteiger partial charge is 0.496 e. The Bertz CT molecular complexity index is 658. The maximum atomic E-state index is 5.88. The summed E-state index contributed by atoms with van der Waals surface area (Å²) in [6.07, 6.45) is 0. The second-order valence-electron chi connectivity index (χ2n) is 5.11. The van der Waals surface area contributed by atoms with Gasteiger partial charge in [-0.15, -0.1) is 0 Å². The maximum absolute atomic E-state index is 5.88. The average molecular weight is 335 g/mol. The Morgan fingerprint density at radius 2 is 1.91 bits per heavy atom. The Morgan fingerprint density at radius 3 is 2.55 bits per heavy atom. The molecule has 0 aliphatic rings. The van der Waals surface area contributed by atoms with Crippen LogP contribution in [0.1, 0.15) is 11.1 Å². The molecule has 0 aliphatic carbocycles. The first kappa shape index (κ1) is 16.6. The monoisotopic (exact) mass is 334 g/mol. The molecule has 0 heterocycles. The van der Waals surface area contributed by atoms with Crippen LogP contribution in [0, 0.1) is 6.92 Å². The van der Waals surface area contributed by atoms with Gasteiger partial charge in [0.1, 0.15) is 5.75 Å². The number of hydrogen-bond donors (Lipinski definition) is 1. The Balaban J connectivity index is 2.05. The van der Waals surface area contributed by atoms with Crippen molar-refractivity contribution in [3.63, 3.8) is 0 Å². The molecule has 0 saturated heterocycles. The van der Waals surface area contributed by atoms with Gasteiger partial charge in [-0.05, 0) is 49.5 Å². The molecule has 0 spiro atoms. The fraction of sp³-hybridized carbons (Fsp3) is 0.235. The summed E-state index contributed by atoms with van der Waals surface area (Å²) in [5, 5.41) is 4.55. The van der Waals surface area contributed by atoms with E-state index < -0.39 is 0 Å². The summed E-state index contributed by atoms with van der Waals surface area (Å²) in [6, 6.07) is 13.6. The number of ether oxygens (including phenoxy) is 1. The van der Waals surface area contributed by atoms with Crippen molar-refractivity contribution < 1.29 is 4.74 Å². The van der Waals surface area contributed by atoms with Crippen LogP contribution in [0.3, 0.4) is 0 Å². The van der Waals surface area contributed by atoms with Gasteiger partial charge in [-0.25, -0.2) is 0 Å². The number of anilines is 1. The smallest absolute Gasteiger partial charge is 0.173 e. The van der Waals surface area contributed by atoms with Gasteiger partial charge in [-0.2, -0.15) is 0 Å². The molecule has 0 bridgehead atoms. The number of hydrogen-bond acceptors (Lipinski definition) is 2. The minimum absolute atomic E-state index is 0.644. The van der Waals surface area contributed by atoms with Crippen LogP contribution in [0.5, 0.6) is 5.75 Å². The average Bonchev–Trinajstić information content (AvgIpc) is 2.49. The van der Waals surface area contributed by atoms with E-state index in [1.165, 1.54) is 5.56 Å². The van der Waals surface area contributed by atoms with E-state index in [4.69, 9.17) is 28.6 Å². The van der Waals surface area contributed by atoms with E-state index in [1.807, 2.05) is 48.3 Å². The van der Waals surface area contributed by atoms with Crippen molar-refractivity contribution in [3.05, 3.63) is 58.6 Å². The summed E-state index contributed by atoms with van der Waals surface area (Å²) < 4.78 is 5.41. The molecule has 0 aromatic heterocycles. The van der Waals surface area contributed by atoms with Crippen LogP contribution < -0.4 is 10.1 Å². The zero-order chi connectivity index (χ0) is 16.1. The van der Waals surface area contributed by atoms with Crippen LogP contribution in [0.2, 0.25) is 5.02 Å². The quantitative estimate of drug-likeness (QED) is 0.833. The Labute approximate surface area is 141 Å². The molecule has 2 aromatic rings. The van der Waals surface area contributed by atoms with Gasteiger partial charge in [0.2, 0.25) is 0 Å². The van der Waals surface area contributed by atoms with E-state index in [0.717, 1.165) is 17.0 Å². The van der Waals surface area contributed by atoms with Gasteiger partial charge >= 0.3 is 0 Å². The van der Waals surface area contributed by atoms with Crippen molar-refractivity contribution in [1.29, 1.82) is 0 Å². The number of aryl methyl sites for hydroxylation is 1. The molecule has 3 nitrogen and oxygen atoms in total. The summed E-state index contributed by atoms with van der Waals surface area (Å²) in [7, 11) is 3.63. The lowest BCUT2D eigenvalue weighted by molar-refractivity contribution is 0.399. The molecule has 0 unspecified atom stereocenters. The van der Waals surface area contributed by atoms with Crippen LogP contribution in [0.25, 0.3) is 0 Å². The highest BCUT2D eigenvalue weighted by atomic mass is 35.5. The molecule has 22 heavy (non-hydrogen) atoms. The van der Waals surface area contributed by atoms with Crippen LogP contribution in [0.15, 0.2) is 42.5 Å². The standard InChI is InChI=1S/C17H19ClN2OS/c1-12-4-9-16(21-3)13(10-12)11-20(2)17(22)19-15-7-5-14(18)6-8-15/h4-10H,11H2,1-3H3,(H,19,22). The van der Waals surface area contributed by atoms with E-state index in [9.17, 15) is 0 Å². The molecule has 1 N–H and O–H groups in total. The molecule has 0 radical (unpaired) electrons. The second-order valence-corrected chi connectivity index (χ2v) is 5.93. The number of nitrogens with one attached hydrogen (secondary N) is 1. The predicted molar refractivity (Wildman–Crippen MR) is 96.9 cm³/mol. The third-order valence-corrected chi connectivity index (χ3v) is 3.95. The van der Waals surface area contributed by atoms with E-state index >= 15 is 0 Å². The molecule has 0 aliphatic heterocycles. The number of nitrogens with zero attached hydrogens (tertiary/aromatic N) is 1. The first-order chi connectivity index (χ1) is 10.5. The number of halogens is 1. The van der Waals surface area contributed by atoms with E-state index in [2.05, 4.69) is 18.3 Å². The summed E-state index contributed by atoms with van der Waals surface area (Å²) in [6.45, 7) is 2.73. The number of rotatable bonds is 4. The third-order valence-electron chi connectivity index (χ3n) is 3.29. The lowest BCUT2D eigenvalue weighted by Gasteiger charge is -2.22. The minimum atomic E-state index is 0.644. The molecular formula is C17H19ClN2OS. The molecule has 116 valence electrons. The lowest BCUT2D eigenvalue weighted by Crippen LogP contribution is -2.30. The molecule has 2 rings (SSSR count). The van der Waals surface area contributed by atoms with Crippen molar-refractivity contribution in [1.82, 2.24) is 4.90 Å². The number of benzene rings is 2. The molecule has 0 atom stereocenters. The van der Waals surface area contributed by atoms with Crippen molar-refractivity contribution in [2.75, 3.05) is 19.5 Å². The summed E-state index contributed by atoms with van der Waals surface area (Å²) in [5.41, 5.74) is 3.21. The van der Waals surface area contributed by atoms with Gasteiger partial charge < -0.3 is 15.0 Å². The minimum Gasteiger partial charge on any atom is -0.496 e. The van der Waals surface area contributed by atoms with Gasteiger partial charge in [0.25, 0.3) is 0 Å². The molecule has 0 saturated carbocycles. The van der Waals surface area contributed by atoms with E-state index in [1.54, 1.807) is 7.11 Å². The summed E-state index contributed by atoms with van der Waals surface area (Å²) in [5.74, 6) is 0.867. The molecule has 0 fully saturated rings. The highest BCUT2D eigenvalue weighted by molar-refractivity contribution is 7.80. The van der Waals surface area contributed by atoms with Crippen LogP contribution >= 0.6 is 23.8 Å². The van der Waals surface area contributed by atoms with Crippen molar-refractivity contribution in [2.45, 2.75) is 13.5 Å². The summed E-state index contributed by atoms with van der Waals surface area (Å²) in [4.78, 5) is 1.97. The van der Waals surface area contributed by atoms with Crippen LogP contribution in [-0.4, -0.2) is 24.2 Å². The second kappa shape index (κ2) is 7.47. The third kappa shape index (κ3) is 4.36. The first-order valence-electron chi connectivity index (χ1n) is 6.91.